The highest BCUT2D eigenvalue weighted by atomic mass is 32.5. The molecule has 0 unspecified atom stereocenters. The van der Waals surface area contributed by atoms with E-state index >= 15 is 0 Å². The number of hydrogen-bond acceptors (Lipinski definition) is 4. The van der Waals surface area contributed by atoms with Gasteiger partial charge in [-0.25, -0.2) is 0 Å². The topological polar surface area (TPSA) is 42.5 Å². The van der Waals surface area contributed by atoms with Crippen molar-refractivity contribution in [3.63, 3.8) is 0 Å². The minimum atomic E-state index is -2.53. The minimum absolute atomic E-state index is 0.409. The predicted octanol–water partition coefficient (Wildman–Crippen LogP) is 3.27. The van der Waals surface area contributed by atoms with Gasteiger partial charge in [-0.1, -0.05) is 18.2 Å². The van der Waals surface area contributed by atoms with Crippen LogP contribution in [-0.2, 0) is 20.9 Å². The van der Waals surface area contributed by atoms with Crippen molar-refractivity contribution in [3.8, 4) is 0 Å². The second kappa shape index (κ2) is 7.81. The van der Waals surface area contributed by atoms with Crippen LogP contribution in [0.4, 0.5) is 5.69 Å². The third-order valence-corrected chi connectivity index (χ3v) is 4.82. The summed E-state index contributed by atoms with van der Waals surface area (Å²) in [6.45, 7) is 2.18. The van der Waals surface area contributed by atoms with Crippen molar-refractivity contribution in [2.45, 2.75) is 13.8 Å². The molecule has 0 spiro atoms. The Morgan fingerprint density at radius 3 is 2.22 bits per heavy atom. The molecule has 0 aliphatic carbocycles. The van der Waals surface area contributed by atoms with Crippen molar-refractivity contribution >= 4 is 41.5 Å². The van der Waals surface area contributed by atoms with E-state index < -0.39 is 6.64 Å². The molecule has 0 aromatic heterocycles. The standard InChI is InChI=1S/C11H17N2O2PS2/c1-3-14-16(18,15-4-2)13-11(17)12-10-8-6-5-7-9-10/h5-9H,3-4H2,1-2H3,(H2,12,13,17,18). The first-order chi connectivity index (χ1) is 8.59. The van der Waals surface area contributed by atoms with Gasteiger partial charge in [0.15, 0.2) is 5.11 Å². The number of nitrogens with one attached hydrogen (secondary N) is 2. The van der Waals surface area contributed by atoms with Crippen LogP contribution in [0.25, 0.3) is 0 Å². The van der Waals surface area contributed by atoms with Crippen LogP contribution in [0.15, 0.2) is 30.3 Å². The molecule has 0 aliphatic heterocycles. The molecular weight excluding hydrogens is 287 g/mol. The Morgan fingerprint density at radius 2 is 1.72 bits per heavy atom. The van der Waals surface area contributed by atoms with Crippen molar-refractivity contribution in [2.24, 2.45) is 0 Å². The molecule has 1 aromatic rings. The Kier molecular flexibility index (Phi) is 6.75. The lowest BCUT2D eigenvalue weighted by Gasteiger charge is -2.23. The lowest BCUT2D eigenvalue weighted by Crippen LogP contribution is -2.27. The summed E-state index contributed by atoms with van der Waals surface area (Å²) in [5.41, 5.74) is 0.893. The zero-order valence-electron chi connectivity index (χ0n) is 10.4. The molecule has 0 saturated heterocycles. The maximum Gasteiger partial charge on any atom is 0.289 e. The monoisotopic (exact) mass is 304 g/mol. The summed E-state index contributed by atoms with van der Waals surface area (Å²) in [5.74, 6) is 0. The third-order valence-electron chi connectivity index (χ3n) is 1.87. The molecule has 0 amide bonds. The molecule has 100 valence electrons. The highest BCUT2D eigenvalue weighted by molar-refractivity contribution is 8.09. The number of hydrogen-bond donors (Lipinski definition) is 2. The summed E-state index contributed by atoms with van der Waals surface area (Å²) in [6.07, 6.45) is 0. The van der Waals surface area contributed by atoms with Crippen LogP contribution in [0.3, 0.4) is 0 Å². The average Bonchev–Trinajstić information content (AvgIpc) is 2.30. The smallest absolute Gasteiger partial charge is 0.289 e. The second-order valence-corrected chi connectivity index (χ2v) is 6.85. The van der Waals surface area contributed by atoms with Crippen LogP contribution in [-0.4, -0.2) is 18.3 Å². The van der Waals surface area contributed by atoms with Crippen LogP contribution >= 0.6 is 18.9 Å². The maximum atomic E-state index is 5.44. The zero-order valence-corrected chi connectivity index (χ0v) is 12.9. The molecule has 4 nitrogen and oxygen atoms in total. The van der Waals surface area contributed by atoms with Crippen LogP contribution in [0, 0.1) is 0 Å². The highest BCUT2D eigenvalue weighted by Gasteiger charge is 2.19. The SMILES string of the molecule is CCOP(=S)(NC(=S)Nc1ccccc1)OCC. The van der Waals surface area contributed by atoms with Gasteiger partial charge in [-0.2, -0.15) is 0 Å². The number of benzene rings is 1. The molecular formula is C11H17N2O2PS2. The van der Waals surface area contributed by atoms with E-state index in [2.05, 4.69) is 10.4 Å². The van der Waals surface area contributed by atoms with Crippen LogP contribution in [0.2, 0.25) is 0 Å². The van der Waals surface area contributed by atoms with E-state index in [0.717, 1.165) is 5.69 Å². The number of thiocarbonyl (C=S) groups is 1. The Morgan fingerprint density at radius 1 is 1.17 bits per heavy atom. The molecule has 1 aromatic carbocycles. The average molecular weight is 304 g/mol. The van der Waals surface area contributed by atoms with Gasteiger partial charge in [0, 0.05) is 5.69 Å². The number of para-hydroxylation sites is 1. The summed E-state index contributed by atoms with van der Waals surface area (Å²) in [7, 11) is 0. The van der Waals surface area contributed by atoms with Crippen LogP contribution < -0.4 is 10.4 Å². The molecule has 0 fully saturated rings. The predicted molar refractivity (Wildman–Crippen MR) is 83.3 cm³/mol. The quantitative estimate of drug-likeness (QED) is 0.621. The third kappa shape index (κ3) is 5.42. The van der Waals surface area contributed by atoms with Gasteiger partial charge in [-0.15, -0.1) is 0 Å². The Bertz CT molecular complexity index is 418. The van der Waals surface area contributed by atoms with Gasteiger partial charge in [-0.05, 0) is 50.0 Å². The van der Waals surface area contributed by atoms with Crippen molar-refractivity contribution in [1.82, 2.24) is 5.09 Å². The van der Waals surface area contributed by atoms with Gasteiger partial charge in [0.25, 0.3) is 6.64 Å². The molecule has 0 heterocycles. The van der Waals surface area contributed by atoms with Crippen molar-refractivity contribution in [2.75, 3.05) is 18.5 Å². The minimum Gasteiger partial charge on any atom is -0.332 e. The van der Waals surface area contributed by atoms with Crippen molar-refractivity contribution in [1.29, 1.82) is 0 Å². The summed E-state index contributed by atoms with van der Waals surface area (Å²) >= 11 is 10.5. The van der Waals surface area contributed by atoms with E-state index in [0.29, 0.717) is 18.3 Å². The van der Waals surface area contributed by atoms with Crippen molar-refractivity contribution in [3.05, 3.63) is 30.3 Å². The van der Waals surface area contributed by atoms with Crippen LogP contribution in [0.5, 0.6) is 0 Å². The molecule has 1 rings (SSSR count). The zero-order chi connectivity index (χ0) is 13.4. The van der Waals surface area contributed by atoms with Gasteiger partial charge in [-0.3, -0.25) is 5.09 Å². The summed E-state index contributed by atoms with van der Waals surface area (Å²) < 4.78 is 10.9. The van der Waals surface area contributed by atoms with E-state index in [4.69, 9.17) is 33.1 Å². The molecule has 0 radical (unpaired) electrons. The first kappa shape index (κ1) is 15.5. The lowest BCUT2D eigenvalue weighted by molar-refractivity contribution is 0.263. The fraction of sp³-hybridized carbons (Fsp3) is 0.364. The molecule has 0 saturated carbocycles. The first-order valence-corrected chi connectivity index (χ1v) is 8.67. The van der Waals surface area contributed by atoms with Gasteiger partial charge < -0.3 is 14.4 Å². The second-order valence-electron chi connectivity index (χ2n) is 3.26. The van der Waals surface area contributed by atoms with E-state index in [1.54, 1.807) is 0 Å². The molecule has 0 atom stereocenters. The van der Waals surface area contributed by atoms with Gasteiger partial charge in [0.1, 0.15) is 0 Å². The fourth-order valence-electron chi connectivity index (χ4n) is 1.25. The van der Waals surface area contributed by atoms with Gasteiger partial charge in [0.05, 0.1) is 13.2 Å². The number of anilines is 1. The van der Waals surface area contributed by atoms with E-state index in [1.165, 1.54) is 0 Å². The molecule has 7 heteroatoms. The van der Waals surface area contributed by atoms with E-state index in [1.807, 2.05) is 44.2 Å². The maximum absolute atomic E-state index is 5.44. The van der Waals surface area contributed by atoms with E-state index in [9.17, 15) is 0 Å². The fourth-order valence-corrected chi connectivity index (χ4v) is 3.99. The highest BCUT2D eigenvalue weighted by Crippen LogP contribution is 2.43. The van der Waals surface area contributed by atoms with Crippen LogP contribution in [0.1, 0.15) is 13.8 Å². The largest absolute Gasteiger partial charge is 0.332 e. The Labute approximate surface area is 118 Å². The molecule has 0 bridgehead atoms. The Balaban J connectivity index is 2.59. The summed E-state index contributed by atoms with van der Waals surface area (Å²) in [6, 6.07) is 9.61. The molecule has 18 heavy (non-hydrogen) atoms. The summed E-state index contributed by atoms with van der Waals surface area (Å²) in [5, 5.41) is 6.39. The van der Waals surface area contributed by atoms with Gasteiger partial charge >= 0.3 is 0 Å². The molecule has 0 aliphatic rings. The lowest BCUT2D eigenvalue weighted by atomic mass is 10.3. The Hall–Kier alpha value is -0.520. The van der Waals surface area contributed by atoms with E-state index in [-0.39, 0.29) is 0 Å². The van der Waals surface area contributed by atoms with Crippen molar-refractivity contribution < 1.29 is 9.05 Å². The molecule has 2 N–H and O–H groups in total. The normalized spacial score (nSPS) is 11.0. The van der Waals surface area contributed by atoms with Gasteiger partial charge in [0.2, 0.25) is 0 Å². The number of rotatable bonds is 6. The summed E-state index contributed by atoms with van der Waals surface area (Å²) in [4.78, 5) is 0. The first-order valence-electron chi connectivity index (χ1n) is 5.63.